The molecule has 0 saturated heterocycles. The molecule has 0 aromatic heterocycles. The molecule has 0 unspecified atom stereocenters. The van der Waals surface area contributed by atoms with Gasteiger partial charge in [0, 0.05) is 18.3 Å². The molecule has 6 nitrogen and oxygen atoms in total. The predicted molar refractivity (Wildman–Crippen MR) is 51.5 cm³/mol. The Balaban J connectivity index is 4.84. The van der Waals surface area contributed by atoms with Gasteiger partial charge in [0.25, 0.3) is 0 Å². The van der Waals surface area contributed by atoms with Crippen LogP contribution in [0.4, 0.5) is 0 Å². The van der Waals surface area contributed by atoms with Crippen LogP contribution in [0.15, 0.2) is 0 Å². The van der Waals surface area contributed by atoms with Gasteiger partial charge in [0.1, 0.15) is 0 Å². The van der Waals surface area contributed by atoms with E-state index in [2.05, 4.69) is 0 Å². The highest BCUT2D eigenvalue weighted by molar-refractivity contribution is 4.93. The van der Waals surface area contributed by atoms with Crippen molar-refractivity contribution in [3.63, 3.8) is 0 Å². The van der Waals surface area contributed by atoms with Gasteiger partial charge in [0.15, 0.2) is 12.6 Å². The normalized spacial score (nSPS) is 14.0. The van der Waals surface area contributed by atoms with Crippen molar-refractivity contribution in [2.75, 3.05) is 6.61 Å². The van der Waals surface area contributed by atoms with Crippen molar-refractivity contribution in [1.29, 1.82) is 0 Å². The lowest BCUT2D eigenvalue weighted by atomic mass is 9.71. The molecule has 0 heterocycles. The molecule has 6 heteroatoms. The third kappa shape index (κ3) is 4.02. The second-order valence-electron chi connectivity index (χ2n) is 4.44. The van der Waals surface area contributed by atoms with Gasteiger partial charge in [-0.2, -0.15) is 0 Å². The van der Waals surface area contributed by atoms with Crippen molar-refractivity contribution < 1.29 is 30.6 Å². The zero-order valence-electron chi connectivity index (χ0n) is 8.96. The van der Waals surface area contributed by atoms with Crippen molar-refractivity contribution in [3.05, 3.63) is 0 Å². The van der Waals surface area contributed by atoms with E-state index in [0.29, 0.717) is 0 Å². The summed E-state index contributed by atoms with van der Waals surface area (Å²) in [4.78, 5) is 0. The highest BCUT2D eigenvalue weighted by Crippen LogP contribution is 2.37. The maximum Gasteiger partial charge on any atom is 0.154 e. The summed E-state index contributed by atoms with van der Waals surface area (Å²) in [5.41, 5.74) is -2.83. The topological polar surface area (TPSA) is 121 Å². The van der Waals surface area contributed by atoms with Gasteiger partial charge in [0.05, 0.1) is 12.2 Å². The predicted octanol–water partition coefficient (Wildman–Crippen LogP) is -1.86. The second-order valence-corrected chi connectivity index (χ2v) is 4.44. The zero-order chi connectivity index (χ0) is 12.3. The van der Waals surface area contributed by atoms with Crippen molar-refractivity contribution in [1.82, 2.24) is 0 Å². The van der Waals surface area contributed by atoms with Crippen LogP contribution in [0.1, 0.15) is 26.7 Å². The van der Waals surface area contributed by atoms with Crippen LogP contribution in [-0.2, 0) is 0 Å². The largest absolute Gasteiger partial charge is 0.396 e. The SMILES string of the molecule is CC(C)(CO)C(O)(CC(O)O)CC(O)O. The van der Waals surface area contributed by atoms with E-state index < -0.39 is 43.0 Å². The molecular weight excluding hydrogens is 204 g/mol. The summed E-state index contributed by atoms with van der Waals surface area (Å²) >= 11 is 0. The van der Waals surface area contributed by atoms with Gasteiger partial charge in [-0.05, 0) is 0 Å². The quantitative estimate of drug-likeness (QED) is 0.294. The average Bonchev–Trinajstić information content (AvgIpc) is 2.00. The monoisotopic (exact) mass is 224 g/mol. The maximum atomic E-state index is 10.1. The van der Waals surface area contributed by atoms with E-state index in [0.717, 1.165) is 0 Å². The van der Waals surface area contributed by atoms with E-state index in [-0.39, 0.29) is 0 Å². The van der Waals surface area contributed by atoms with E-state index in [9.17, 15) is 5.11 Å². The fourth-order valence-corrected chi connectivity index (χ4v) is 1.39. The van der Waals surface area contributed by atoms with Crippen molar-refractivity contribution in [2.45, 2.75) is 44.9 Å². The standard InChI is InChI=1S/C9H20O6/c1-8(2,5-10)9(15,3-6(11)12)4-7(13)14/h6-7,10-15H,3-5H2,1-2H3. The van der Waals surface area contributed by atoms with Crippen LogP contribution in [-0.4, -0.2) is 55.4 Å². The molecule has 92 valence electrons. The second kappa shape index (κ2) is 5.20. The Morgan fingerprint density at radius 1 is 0.933 bits per heavy atom. The first-order valence-electron chi connectivity index (χ1n) is 4.70. The summed E-state index contributed by atoms with van der Waals surface area (Å²) in [5, 5.41) is 54.4. The molecule has 0 amide bonds. The Kier molecular flexibility index (Phi) is 5.12. The number of hydrogen-bond acceptors (Lipinski definition) is 6. The van der Waals surface area contributed by atoms with Crippen LogP contribution in [0.25, 0.3) is 0 Å². The molecule has 0 atom stereocenters. The van der Waals surface area contributed by atoms with E-state index in [1.54, 1.807) is 0 Å². The van der Waals surface area contributed by atoms with Gasteiger partial charge in [0.2, 0.25) is 0 Å². The van der Waals surface area contributed by atoms with Crippen LogP contribution in [0.3, 0.4) is 0 Å². The number of rotatable bonds is 6. The maximum absolute atomic E-state index is 10.1. The molecule has 0 aromatic rings. The molecule has 0 aliphatic carbocycles. The third-order valence-corrected chi connectivity index (χ3v) is 2.70. The van der Waals surface area contributed by atoms with Gasteiger partial charge in [-0.1, -0.05) is 13.8 Å². The van der Waals surface area contributed by atoms with Crippen LogP contribution >= 0.6 is 0 Å². The van der Waals surface area contributed by atoms with E-state index in [1.165, 1.54) is 13.8 Å². The first-order valence-corrected chi connectivity index (χ1v) is 4.70. The zero-order valence-corrected chi connectivity index (χ0v) is 8.96. The molecule has 0 rings (SSSR count). The smallest absolute Gasteiger partial charge is 0.154 e. The minimum absolute atomic E-state index is 0.414. The lowest BCUT2D eigenvalue weighted by Crippen LogP contribution is -2.51. The molecule has 0 aromatic carbocycles. The van der Waals surface area contributed by atoms with Gasteiger partial charge < -0.3 is 30.6 Å². The van der Waals surface area contributed by atoms with E-state index >= 15 is 0 Å². The van der Waals surface area contributed by atoms with Crippen LogP contribution in [0.5, 0.6) is 0 Å². The molecule has 0 aliphatic rings. The highest BCUT2D eigenvalue weighted by atomic mass is 16.5. The van der Waals surface area contributed by atoms with Crippen LogP contribution < -0.4 is 0 Å². The fourth-order valence-electron chi connectivity index (χ4n) is 1.39. The Labute approximate surface area is 88.4 Å². The number of aliphatic hydroxyl groups excluding tert-OH is 3. The van der Waals surface area contributed by atoms with Gasteiger partial charge >= 0.3 is 0 Å². The molecule has 0 saturated carbocycles. The Morgan fingerprint density at radius 3 is 1.47 bits per heavy atom. The number of hydrogen-bond donors (Lipinski definition) is 6. The molecule has 0 spiro atoms. The van der Waals surface area contributed by atoms with Crippen molar-refractivity contribution in [3.8, 4) is 0 Å². The van der Waals surface area contributed by atoms with E-state index in [1.807, 2.05) is 0 Å². The Bertz CT molecular complexity index is 179. The summed E-state index contributed by atoms with van der Waals surface area (Å²) in [6.45, 7) is 2.58. The van der Waals surface area contributed by atoms with Crippen LogP contribution in [0, 0.1) is 5.41 Å². The first kappa shape index (κ1) is 14.8. The molecular formula is C9H20O6. The van der Waals surface area contributed by atoms with Crippen LogP contribution in [0.2, 0.25) is 0 Å². The molecule has 0 bridgehead atoms. The molecule has 0 aliphatic heterocycles. The van der Waals surface area contributed by atoms with Gasteiger partial charge in [-0.15, -0.1) is 0 Å². The fraction of sp³-hybridized carbons (Fsp3) is 1.00. The molecule has 15 heavy (non-hydrogen) atoms. The number of aliphatic hydroxyl groups is 6. The lowest BCUT2D eigenvalue weighted by Gasteiger charge is -2.42. The lowest BCUT2D eigenvalue weighted by molar-refractivity contribution is -0.191. The minimum Gasteiger partial charge on any atom is -0.396 e. The van der Waals surface area contributed by atoms with E-state index in [4.69, 9.17) is 25.5 Å². The minimum atomic E-state index is -1.78. The summed E-state index contributed by atoms with van der Waals surface area (Å²) in [5.74, 6) is 0. The molecule has 6 N–H and O–H groups in total. The van der Waals surface area contributed by atoms with Gasteiger partial charge in [-0.3, -0.25) is 0 Å². The van der Waals surface area contributed by atoms with Crippen molar-refractivity contribution >= 4 is 0 Å². The van der Waals surface area contributed by atoms with Crippen molar-refractivity contribution in [2.24, 2.45) is 5.41 Å². The average molecular weight is 224 g/mol. The third-order valence-electron chi connectivity index (χ3n) is 2.70. The Morgan fingerprint density at radius 2 is 1.27 bits per heavy atom. The van der Waals surface area contributed by atoms with Gasteiger partial charge in [-0.25, -0.2) is 0 Å². The summed E-state index contributed by atoms with van der Waals surface area (Å²) in [6.07, 6.45) is -4.48. The molecule has 0 fully saturated rings. The first-order chi connectivity index (χ1) is 6.64. The summed E-state index contributed by atoms with van der Waals surface area (Å²) in [7, 11) is 0. The summed E-state index contributed by atoms with van der Waals surface area (Å²) in [6, 6.07) is 0. The summed E-state index contributed by atoms with van der Waals surface area (Å²) < 4.78 is 0. The highest BCUT2D eigenvalue weighted by Gasteiger charge is 2.45. The molecule has 0 radical (unpaired) electrons. The Hall–Kier alpha value is -0.240.